The molecule has 2 aliphatic heterocycles. The van der Waals surface area contributed by atoms with Crippen molar-refractivity contribution in [3.63, 3.8) is 0 Å². The van der Waals surface area contributed by atoms with Crippen molar-refractivity contribution in [2.75, 3.05) is 29.9 Å². The highest BCUT2D eigenvalue weighted by molar-refractivity contribution is 6.08. The Labute approximate surface area is 230 Å². The van der Waals surface area contributed by atoms with Crippen LogP contribution in [-0.4, -0.2) is 46.1 Å². The summed E-state index contributed by atoms with van der Waals surface area (Å²) in [5.41, 5.74) is 6.48. The van der Waals surface area contributed by atoms with Gasteiger partial charge < -0.3 is 20.4 Å². The number of carbonyl (C=O) groups is 2. The van der Waals surface area contributed by atoms with Gasteiger partial charge in [-0.2, -0.15) is 5.10 Å². The quantitative estimate of drug-likeness (QED) is 0.488. The summed E-state index contributed by atoms with van der Waals surface area (Å²) in [6.07, 6.45) is 6.44. The van der Waals surface area contributed by atoms with Crippen LogP contribution in [0.5, 0.6) is 0 Å². The highest BCUT2D eigenvalue weighted by Crippen LogP contribution is 2.37. The van der Waals surface area contributed by atoms with Crippen LogP contribution in [0.15, 0.2) is 42.6 Å². The molecule has 1 saturated carbocycles. The first-order chi connectivity index (χ1) is 18.9. The second kappa shape index (κ2) is 10.5. The maximum Gasteiger partial charge on any atom is 0.258 e. The van der Waals surface area contributed by atoms with Crippen molar-refractivity contribution in [3.05, 3.63) is 70.4 Å². The fourth-order valence-electron chi connectivity index (χ4n) is 5.86. The van der Waals surface area contributed by atoms with Crippen LogP contribution in [0.4, 0.5) is 17.2 Å². The first-order valence-corrected chi connectivity index (χ1v) is 14.2. The number of likely N-dealkylation sites (tertiary alicyclic amines) is 1. The minimum atomic E-state index is -0.0600. The lowest BCUT2D eigenvalue weighted by Crippen LogP contribution is -2.41. The van der Waals surface area contributed by atoms with Gasteiger partial charge in [0.1, 0.15) is 5.82 Å². The van der Waals surface area contributed by atoms with Crippen LogP contribution in [0.2, 0.25) is 0 Å². The number of hydrogen-bond donors (Lipinski definition) is 2. The molecule has 39 heavy (non-hydrogen) atoms. The Kier molecular flexibility index (Phi) is 6.89. The Morgan fingerprint density at radius 3 is 2.59 bits per heavy atom. The number of carbonyl (C=O) groups excluding carboxylic acids is 2. The number of benzene rings is 2. The Bertz CT molecular complexity index is 1400. The third-order valence-electron chi connectivity index (χ3n) is 8.50. The summed E-state index contributed by atoms with van der Waals surface area (Å²) in [6.45, 7) is 8.23. The molecule has 3 heterocycles. The zero-order valence-electron chi connectivity index (χ0n) is 23.2. The molecular weight excluding hydrogens is 488 g/mol. The van der Waals surface area contributed by atoms with Crippen LogP contribution >= 0.6 is 0 Å². The molecule has 8 nitrogen and oxygen atoms in total. The van der Waals surface area contributed by atoms with Crippen LogP contribution in [0.25, 0.3) is 0 Å². The molecular formula is C31H38N6O2. The van der Waals surface area contributed by atoms with Gasteiger partial charge in [0.05, 0.1) is 24.1 Å². The molecule has 2 N–H and O–H groups in total. The predicted octanol–water partition coefficient (Wildman–Crippen LogP) is 4.68. The Morgan fingerprint density at radius 2 is 1.85 bits per heavy atom. The molecule has 3 aromatic rings. The first kappa shape index (κ1) is 25.6. The van der Waals surface area contributed by atoms with Crippen molar-refractivity contribution < 1.29 is 9.59 Å². The van der Waals surface area contributed by atoms with Crippen molar-refractivity contribution >= 4 is 29.0 Å². The summed E-state index contributed by atoms with van der Waals surface area (Å²) in [6, 6.07) is 11.9. The van der Waals surface area contributed by atoms with E-state index in [0.717, 1.165) is 71.3 Å². The first-order valence-electron chi connectivity index (χ1n) is 14.2. The van der Waals surface area contributed by atoms with Gasteiger partial charge in [0.15, 0.2) is 0 Å². The Morgan fingerprint density at radius 1 is 1.05 bits per heavy atom. The van der Waals surface area contributed by atoms with E-state index in [-0.39, 0.29) is 17.7 Å². The molecule has 8 heteroatoms. The third-order valence-corrected chi connectivity index (χ3v) is 8.50. The van der Waals surface area contributed by atoms with E-state index in [0.29, 0.717) is 18.7 Å². The largest absolute Gasteiger partial charge is 0.352 e. The van der Waals surface area contributed by atoms with Crippen LogP contribution < -0.4 is 15.5 Å². The van der Waals surface area contributed by atoms with E-state index in [4.69, 9.17) is 0 Å². The van der Waals surface area contributed by atoms with Crippen molar-refractivity contribution in [2.45, 2.75) is 52.6 Å². The molecule has 0 radical (unpaired) electrons. The second-order valence-electron chi connectivity index (χ2n) is 11.6. The zero-order valence-corrected chi connectivity index (χ0v) is 23.2. The van der Waals surface area contributed by atoms with E-state index in [9.17, 15) is 9.59 Å². The van der Waals surface area contributed by atoms with E-state index in [2.05, 4.69) is 26.7 Å². The molecule has 0 bridgehead atoms. The molecule has 0 spiro atoms. The summed E-state index contributed by atoms with van der Waals surface area (Å²) in [5, 5.41) is 11.0. The van der Waals surface area contributed by atoms with Gasteiger partial charge in [-0.3, -0.25) is 14.3 Å². The van der Waals surface area contributed by atoms with Crippen LogP contribution in [-0.2, 0) is 24.9 Å². The number of aromatic nitrogens is 2. The minimum absolute atomic E-state index is 0.0600. The second-order valence-corrected chi connectivity index (χ2v) is 11.6. The van der Waals surface area contributed by atoms with Gasteiger partial charge in [-0.25, -0.2) is 0 Å². The van der Waals surface area contributed by atoms with Gasteiger partial charge >= 0.3 is 0 Å². The molecule has 0 unspecified atom stereocenters. The summed E-state index contributed by atoms with van der Waals surface area (Å²) in [7, 11) is 1.90. The summed E-state index contributed by atoms with van der Waals surface area (Å²) >= 11 is 0. The minimum Gasteiger partial charge on any atom is -0.352 e. The van der Waals surface area contributed by atoms with E-state index in [1.54, 1.807) is 4.68 Å². The fraction of sp³-hybridized carbons (Fsp3) is 0.452. The summed E-state index contributed by atoms with van der Waals surface area (Å²) in [5.74, 6) is 1.98. The lowest BCUT2D eigenvalue weighted by molar-refractivity contribution is -0.126. The van der Waals surface area contributed by atoms with Crippen LogP contribution in [0.3, 0.4) is 0 Å². The monoisotopic (exact) mass is 526 g/mol. The Hall–Kier alpha value is -3.65. The number of rotatable bonds is 6. The number of nitrogens with one attached hydrogen (secondary N) is 2. The summed E-state index contributed by atoms with van der Waals surface area (Å²) in [4.78, 5) is 31.1. The van der Waals surface area contributed by atoms with Gasteiger partial charge in [-0.05, 0) is 99.5 Å². The number of nitrogens with zero attached hydrogens (tertiary/aromatic N) is 4. The van der Waals surface area contributed by atoms with Crippen LogP contribution in [0.1, 0.15) is 58.3 Å². The molecule has 2 fully saturated rings. The fourth-order valence-corrected chi connectivity index (χ4v) is 5.86. The number of fused-ring (bicyclic) bond motifs is 2. The predicted molar refractivity (Wildman–Crippen MR) is 153 cm³/mol. The van der Waals surface area contributed by atoms with E-state index < -0.39 is 0 Å². The normalized spacial score (nSPS) is 17.7. The topological polar surface area (TPSA) is 82.5 Å². The molecule has 2 aromatic carbocycles. The van der Waals surface area contributed by atoms with E-state index in [1.165, 1.54) is 19.4 Å². The molecule has 204 valence electrons. The maximum atomic E-state index is 13.8. The number of aryl methyl sites for hydroxylation is 3. The molecule has 3 aliphatic rings. The van der Waals surface area contributed by atoms with Crippen molar-refractivity contribution in [1.82, 2.24) is 20.0 Å². The van der Waals surface area contributed by atoms with Crippen LogP contribution in [0, 0.1) is 25.7 Å². The van der Waals surface area contributed by atoms with E-state index in [1.807, 2.05) is 62.3 Å². The molecule has 6 rings (SSSR count). The number of piperidine rings is 1. The molecule has 1 aromatic heterocycles. The average Bonchev–Trinajstić information content (AvgIpc) is 3.71. The highest BCUT2D eigenvalue weighted by Gasteiger charge is 2.30. The van der Waals surface area contributed by atoms with Crippen molar-refractivity contribution in [2.24, 2.45) is 18.9 Å². The molecule has 1 aliphatic carbocycles. The number of amides is 2. The van der Waals surface area contributed by atoms with Crippen molar-refractivity contribution in [3.8, 4) is 0 Å². The lowest BCUT2D eigenvalue weighted by Gasteiger charge is -2.31. The average molecular weight is 527 g/mol. The Balaban J connectivity index is 1.13. The molecule has 0 atom stereocenters. The van der Waals surface area contributed by atoms with Gasteiger partial charge in [0.2, 0.25) is 5.91 Å². The lowest BCUT2D eigenvalue weighted by atomic mass is 9.95. The smallest absolute Gasteiger partial charge is 0.258 e. The zero-order chi connectivity index (χ0) is 27.1. The SMILES string of the molecule is Cc1ccc2c(c1)Nc1c(cnn1C)CN2C(=O)c1ccc(CNC(=O)C2CCN(CC3CC3)CC2)c(C)c1. The number of hydrogen-bond acceptors (Lipinski definition) is 5. The maximum absolute atomic E-state index is 13.8. The van der Waals surface area contributed by atoms with Gasteiger partial charge in [0.25, 0.3) is 5.91 Å². The van der Waals surface area contributed by atoms with Crippen molar-refractivity contribution in [1.29, 1.82) is 0 Å². The van der Waals surface area contributed by atoms with Gasteiger partial charge in [-0.1, -0.05) is 12.1 Å². The molecule has 2 amide bonds. The number of anilines is 3. The third kappa shape index (κ3) is 5.43. The standard InChI is InChI=1S/C31H38N6O2/c1-20-4-9-28-27(14-20)34-29-26(17-33-35(29)3)19-37(28)31(39)24-7-8-25(21(2)15-24)16-32-30(38)23-10-12-36(13-11-23)18-22-5-6-22/h4,7-9,14-15,17,22-23,34H,5-6,10-13,16,18-19H2,1-3H3,(H,32,38). The molecule has 1 saturated heterocycles. The van der Waals surface area contributed by atoms with Gasteiger partial charge in [0, 0.05) is 37.2 Å². The van der Waals surface area contributed by atoms with Gasteiger partial charge in [-0.15, -0.1) is 0 Å². The summed E-state index contributed by atoms with van der Waals surface area (Å²) < 4.78 is 1.81. The highest BCUT2D eigenvalue weighted by atomic mass is 16.2. The van der Waals surface area contributed by atoms with E-state index >= 15 is 0 Å².